The van der Waals surface area contributed by atoms with E-state index in [9.17, 15) is 0 Å². The van der Waals surface area contributed by atoms with E-state index in [1.807, 2.05) is 6.07 Å². The van der Waals surface area contributed by atoms with Crippen molar-refractivity contribution in [3.05, 3.63) is 45.8 Å². The molecular formula is C12H14N2S. The van der Waals surface area contributed by atoms with Crippen molar-refractivity contribution in [2.75, 3.05) is 5.73 Å². The van der Waals surface area contributed by atoms with E-state index in [2.05, 4.69) is 29.4 Å². The van der Waals surface area contributed by atoms with Crippen molar-refractivity contribution < 1.29 is 0 Å². The van der Waals surface area contributed by atoms with Crippen molar-refractivity contribution in [1.82, 2.24) is 4.98 Å². The molecule has 0 fully saturated rings. The van der Waals surface area contributed by atoms with E-state index in [1.54, 1.807) is 17.5 Å². The van der Waals surface area contributed by atoms with Crippen LogP contribution in [0.3, 0.4) is 0 Å². The maximum absolute atomic E-state index is 5.85. The van der Waals surface area contributed by atoms with Crippen LogP contribution in [0, 0.1) is 6.92 Å². The second-order valence-electron chi connectivity index (χ2n) is 3.57. The predicted octanol–water partition coefficient (Wildman–Crippen LogP) is 2.82. The summed E-state index contributed by atoms with van der Waals surface area (Å²) >= 11 is 1.79. The first-order chi connectivity index (χ1) is 7.27. The summed E-state index contributed by atoms with van der Waals surface area (Å²) in [6.07, 6.45) is 3.79. The fourth-order valence-electron chi connectivity index (χ4n) is 1.64. The Labute approximate surface area is 93.8 Å². The molecule has 0 aliphatic heterocycles. The van der Waals surface area contributed by atoms with Crippen molar-refractivity contribution >= 4 is 17.2 Å². The van der Waals surface area contributed by atoms with Gasteiger partial charge >= 0.3 is 0 Å². The van der Waals surface area contributed by atoms with Crippen LogP contribution in [-0.4, -0.2) is 4.98 Å². The minimum atomic E-state index is 0.673. The Morgan fingerprint density at radius 1 is 1.33 bits per heavy atom. The van der Waals surface area contributed by atoms with Gasteiger partial charge in [-0.3, -0.25) is 0 Å². The number of rotatable bonds is 3. The first kappa shape index (κ1) is 10.2. The van der Waals surface area contributed by atoms with Crippen LogP contribution < -0.4 is 5.73 Å². The highest BCUT2D eigenvalue weighted by Crippen LogP contribution is 2.18. The van der Waals surface area contributed by atoms with Crippen LogP contribution in [0.5, 0.6) is 0 Å². The molecule has 0 atom stereocenters. The molecule has 0 amide bonds. The maximum Gasteiger partial charge on any atom is 0.126 e. The molecule has 0 bridgehead atoms. The van der Waals surface area contributed by atoms with E-state index in [0.717, 1.165) is 12.8 Å². The molecule has 2 rings (SSSR count). The van der Waals surface area contributed by atoms with Gasteiger partial charge in [0.15, 0.2) is 0 Å². The minimum absolute atomic E-state index is 0.673. The Hall–Kier alpha value is -1.35. The zero-order valence-electron chi connectivity index (χ0n) is 8.73. The van der Waals surface area contributed by atoms with Gasteiger partial charge < -0.3 is 5.73 Å². The quantitative estimate of drug-likeness (QED) is 0.860. The van der Waals surface area contributed by atoms with E-state index in [-0.39, 0.29) is 0 Å². The summed E-state index contributed by atoms with van der Waals surface area (Å²) in [6, 6.07) is 6.26. The third-order valence-electron chi connectivity index (χ3n) is 2.52. The smallest absolute Gasteiger partial charge is 0.126 e. The van der Waals surface area contributed by atoms with Crippen LogP contribution in [0.15, 0.2) is 29.8 Å². The summed E-state index contributed by atoms with van der Waals surface area (Å²) in [5, 5.41) is 2.11. The molecule has 15 heavy (non-hydrogen) atoms. The van der Waals surface area contributed by atoms with Crippen LogP contribution in [0.1, 0.15) is 16.0 Å². The molecule has 78 valence electrons. The Balaban J connectivity index is 2.11. The number of pyridine rings is 1. The molecule has 2 nitrogen and oxygen atoms in total. The summed E-state index contributed by atoms with van der Waals surface area (Å²) in [5.74, 6) is 0.673. The third kappa shape index (κ3) is 2.36. The Morgan fingerprint density at radius 3 is 2.87 bits per heavy atom. The average molecular weight is 218 g/mol. The molecule has 2 heterocycles. The fourth-order valence-corrected chi connectivity index (χ4v) is 2.35. The number of aromatic nitrogens is 1. The lowest BCUT2D eigenvalue weighted by molar-refractivity contribution is 0.960. The van der Waals surface area contributed by atoms with Crippen molar-refractivity contribution in [2.24, 2.45) is 0 Å². The number of nitrogens with zero attached hydrogens (tertiary/aromatic N) is 1. The van der Waals surface area contributed by atoms with Crippen LogP contribution in [0.4, 0.5) is 5.82 Å². The summed E-state index contributed by atoms with van der Waals surface area (Å²) < 4.78 is 0. The lowest BCUT2D eigenvalue weighted by Gasteiger charge is -2.06. The predicted molar refractivity (Wildman–Crippen MR) is 65.1 cm³/mol. The first-order valence-electron chi connectivity index (χ1n) is 4.99. The molecule has 3 heteroatoms. The SMILES string of the molecule is Cc1ccnc(N)c1CCc1cccs1. The van der Waals surface area contributed by atoms with Crippen LogP contribution in [0.2, 0.25) is 0 Å². The van der Waals surface area contributed by atoms with Gasteiger partial charge in [0.1, 0.15) is 5.82 Å². The van der Waals surface area contributed by atoms with Crippen LogP contribution in [-0.2, 0) is 12.8 Å². The number of thiophene rings is 1. The minimum Gasteiger partial charge on any atom is -0.383 e. The number of anilines is 1. The second-order valence-corrected chi connectivity index (χ2v) is 4.60. The lowest BCUT2D eigenvalue weighted by Crippen LogP contribution is -2.01. The number of nitrogen functional groups attached to an aromatic ring is 1. The number of hydrogen-bond donors (Lipinski definition) is 1. The van der Waals surface area contributed by atoms with E-state index < -0.39 is 0 Å². The molecule has 0 saturated heterocycles. The van der Waals surface area contributed by atoms with E-state index in [4.69, 9.17) is 5.73 Å². The van der Waals surface area contributed by atoms with Gasteiger partial charge in [0, 0.05) is 11.1 Å². The summed E-state index contributed by atoms with van der Waals surface area (Å²) in [6.45, 7) is 2.09. The molecule has 0 radical (unpaired) electrons. The van der Waals surface area contributed by atoms with Crippen molar-refractivity contribution in [2.45, 2.75) is 19.8 Å². The van der Waals surface area contributed by atoms with Crippen LogP contribution >= 0.6 is 11.3 Å². The van der Waals surface area contributed by atoms with Crippen molar-refractivity contribution in [3.63, 3.8) is 0 Å². The number of nitrogens with two attached hydrogens (primary N) is 1. The van der Waals surface area contributed by atoms with Gasteiger partial charge in [-0.1, -0.05) is 6.07 Å². The molecule has 0 aliphatic carbocycles. The van der Waals surface area contributed by atoms with E-state index in [0.29, 0.717) is 5.82 Å². The van der Waals surface area contributed by atoms with Gasteiger partial charge in [-0.2, -0.15) is 0 Å². The molecule has 0 saturated carbocycles. The van der Waals surface area contributed by atoms with Gasteiger partial charge in [0.25, 0.3) is 0 Å². The van der Waals surface area contributed by atoms with Crippen molar-refractivity contribution in [1.29, 1.82) is 0 Å². The highest BCUT2D eigenvalue weighted by Gasteiger charge is 2.04. The second kappa shape index (κ2) is 4.45. The highest BCUT2D eigenvalue weighted by molar-refractivity contribution is 7.09. The van der Waals surface area contributed by atoms with Gasteiger partial charge in [0.05, 0.1) is 0 Å². The van der Waals surface area contributed by atoms with E-state index >= 15 is 0 Å². The zero-order chi connectivity index (χ0) is 10.7. The summed E-state index contributed by atoms with van der Waals surface area (Å²) in [4.78, 5) is 5.52. The zero-order valence-corrected chi connectivity index (χ0v) is 9.55. The van der Waals surface area contributed by atoms with Gasteiger partial charge in [-0.15, -0.1) is 11.3 Å². The fraction of sp³-hybridized carbons (Fsp3) is 0.250. The standard InChI is InChI=1S/C12H14N2S/c1-9-6-7-14-12(13)11(9)5-4-10-3-2-8-15-10/h2-3,6-8H,4-5H2,1H3,(H2,13,14). The Kier molecular flexibility index (Phi) is 3.02. The topological polar surface area (TPSA) is 38.9 Å². The molecule has 0 aromatic carbocycles. The molecule has 0 spiro atoms. The number of aryl methyl sites for hydroxylation is 2. The molecule has 0 unspecified atom stereocenters. The van der Waals surface area contributed by atoms with Gasteiger partial charge in [0.2, 0.25) is 0 Å². The Morgan fingerprint density at radius 2 is 2.20 bits per heavy atom. The normalized spacial score (nSPS) is 10.5. The Bertz CT molecular complexity index is 415. The van der Waals surface area contributed by atoms with Crippen LogP contribution in [0.25, 0.3) is 0 Å². The molecule has 2 N–H and O–H groups in total. The van der Waals surface area contributed by atoms with Gasteiger partial charge in [-0.25, -0.2) is 4.98 Å². The average Bonchev–Trinajstić information content (AvgIpc) is 2.70. The first-order valence-corrected chi connectivity index (χ1v) is 5.87. The summed E-state index contributed by atoms with van der Waals surface area (Å²) in [5.41, 5.74) is 8.27. The van der Waals surface area contributed by atoms with Crippen molar-refractivity contribution in [3.8, 4) is 0 Å². The largest absolute Gasteiger partial charge is 0.383 e. The molecule has 2 aromatic rings. The third-order valence-corrected chi connectivity index (χ3v) is 3.46. The highest BCUT2D eigenvalue weighted by atomic mass is 32.1. The molecular weight excluding hydrogens is 204 g/mol. The van der Waals surface area contributed by atoms with E-state index in [1.165, 1.54) is 16.0 Å². The lowest BCUT2D eigenvalue weighted by atomic mass is 10.1. The summed E-state index contributed by atoms with van der Waals surface area (Å²) in [7, 11) is 0. The monoisotopic (exact) mass is 218 g/mol. The maximum atomic E-state index is 5.85. The number of hydrogen-bond acceptors (Lipinski definition) is 3. The molecule has 2 aromatic heterocycles. The molecule has 0 aliphatic rings. The van der Waals surface area contributed by atoms with Gasteiger partial charge in [-0.05, 0) is 48.4 Å².